The Kier molecular flexibility index (Phi) is 15.0. The maximum Gasteiger partial charge on any atom is 0.267 e. The molecule has 0 aromatic carbocycles. The first-order valence-corrected chi connectivity index (χ1v) is 12.4. The molecule has 0 fully saturated rings. The Balaban J connectivity index is 4.23. The third-order valence-electron chi connectivity index (χ3n) is 5.07. The molecule has 0 saturated carbocycles. The van der Waals surface area contributed by atoms with E-state index in [1.165, 1.54) is 38.5 Å². The van der Waals surface area contributed by atoms with Crippen molar-refractivity contribution in [3.05, 3.63) is 0 Å². The lowest BCUT2D eigenvalue weighted by atomic mass is 10.0. The number of Topliss-reactive ketones (excluding diaryl/α,β-unsaturated/α-hetero) is 1. The summed E-state index contributed by atoms with van der Waals surface area (Å²) in [5.74, 6) is -0.586. The molecule has 0 saturated heterocycles. The van der Waals surface area contributed by atoms with Crippen LogP contribution in [0.1, 0.15) is 77.6 Å². The number of carbonyl (C=O) groups is 1. The third-order valence-corrected chi connectivity index (χ3v) is 5.88. The zero-order chi connectivity index (χ0) is 21.5. The van der Waals surface area contributed by atoms with E-state index in [1.54, 1.807) is 0 Å². The Morgan fingerprint density at radius 2 is 1.54 bits per heavy atom. The highest BCUT2D eigenvalue weighted by Crippen LogP contribution is 2.13. The van der Waals surface area contributed by atoms with Crippen LogP contribution < -0.4 is 5.73 Å². The van der Waals surface area contributed by atoms with Gasteiger partial charge in [-0.05, 0) is 13.0 Å². The van der Waals surface area contributed by atoms with Gasteiger partial charge >= 0.3 is 0 Å². The van der Waals surface area contributed by atoms with Crippen molar-refractivity contribution in [2.45, 2.75) is 83.7 Å². The van der Waals surface area contributed by atoms with Gasteiger partial charge in [-0.25, -0.2) is 0 Å². The van der Waals surface area contributed by atoms with E-state index in [4.69, 9.17) is 10.3 Å². The Morgan fingerprint density at radius 1 is 1.00 bits per heavy atom. The summed E-state index contributed by atoms with van der Waals surface area (Å²) in [6.45, 7) is 3.62. The predicted molar refractivity (Wildman–Crippen MR) is 114 cm³/mol. The Morgan fingerprint density at radius 3 is 2.04 bits per heavy atom. The summed E-state index contributed by atoms with van der Waals surface area (Å²) in [4.78, 5) is 12.4. The molecule has 0 aliphatic carbocycles. The highest BCUT2D eigenvalue weighted by molar-refractivity contribution is 7.85. The molecule has 0 aromatic heterocycles. The van der Waals surface area contributed by atoms with Crippen molar-refractivity contribution in [3.8, 4) is 0 Å². The fourth-order valence-corrected chi connectivity index (χ4v) is 4.24. The van der Waals surface area contributed by atoms with Crippen molar-refractivity contribution in [2.75, 3.05) is 39.0 Å². The van der Waals surface area contributed by atoms with Crippen molar-refractivity contribution in [3.63, 3.8) is 0 Å². The lowest BCUT2D eigenvalue weighted by Gasteiger charge is -2.35. The van der Waals surface area contributed by atoms with Gasteiger partial charge in [-0.3, -0.25) is 9.35 Å². The number of hydrogen-bond donors (Lipinski definition) is 3. The van der Waals surface area contributed by atoms with Crippen LogP contribution in [-0.4, -0.2) is 73.4 Å². The van der Waals surface area contributed by atoms with Crippen LogP contribution >= 0.6 is 0 Å². The Bertz CT molecular complexity index is 513. The molecular weight excluding hydrogens is 380 g/mol. The van der Waals surface area contributed by atoms with Gasteiger partial charge in [0.05, 0.1) is 13.6 Å². The summed E-state index contributed by atoms with van der Waals surface area (Å²) in [6, 6.07) is 0. The monoisotopic (exact) mass is 423 g/mol. The molecule has 4 N–H and O–H groups in total. The van der Waals surface area contributed by atoms with Crippen LogP contribution in [0.25, 0.3) is 0 Å². The summed E-state index contributed by atoms with van der Waals surface area (Å²) in [6.07, 6.45) is 10.8. The fourth-order valence-electron chi connectivity index (χ4n) is 3.65. The maximum atomic E-state index is 12.4. The molecule has 0 rings (SSSR count). The second-order valence-electron chi connectivity index (χ2n) is 8.35. The number of likely N-dealkylation sites (N-methyl/N-ethyl adjacent to an activating group) is 1. The minimum atomic E-state index is -4.25. The summed E-state index contributed by atoms with van der Waals surface area (Å²) >= 11 is 0. The molecule has 2 unspecified atom stereocenters. The van der Waals surface area contributed by atoms with Gasteiger partial charge in [0.1, 0.15) is 24.9 Å². The van der Waals surface area contributed by atoms with E-state index in [0.717, 1.165) is 19.3 Å². The quantitative estimate of drug-likeness (QED) is 0.167. The summed E-state index contributed by atoms with van der Waals surface area (Å²) in [7, 11) is -2.41. The maximum absolute atomic E-state index is 12.4. The number of quaternary nitrogens is 1. The van der Waals surface area contributed by atoms with Gasteiger partial charge in [-0.15, -0.1) is 0 Å². The lowest BCUT2D eigenvalue weighted by molar-refractivity contribution is -0.904. The van der Waals surface area contributed by atoms with E-state index < -0.39 is 22.0 Å². The van der Waals surface area contributed by atoms with Crippen LogP contribution in [0.3, 0.4) is 0 Å². The van der Waals surface area contributed by atoms with Gasteiger partial charge in [-0.1, -0.05) is 58.3 Å². The van der Waals surface area contributed by atoms with E-state index in [2.05, 4.69) is 6.92 Å². The lowest BCUT2D eigenvalue weighted by Crippen LogP contribution is -2.53. The summed E-state index contributed by atoms with van der Waals surface area (Å²) in [5, 5.41) is 9.99. The first kappa shape index (κ1) is 27.5. The van der Waals surface area contributed by atoms with Crippen LogP contribution in [-0.2, 0) is 14.9 Å². The van der Waals surface area contributed by atoms with E-state index in [0.29, 0.717) is 25.9 Å². The normalized spacial score (nSPS) is 15.3. The van der Waals surface area contributed by atoms with Gasteiger partial charge in [-0.2, -0.15) is 8.42 Å². The van der Waals surface area contributed by atoms with Crippen molar-refractivity contribution in [1.82, 2.24) is 0 Å². The minimum Gasteiger partial charge on any atom is -0.386 e. The number of nitrogens with two attached hydrogens (primary N) is 1. The van der Waals surface area contributed by atoms with Crippen molar-refractivity contribution >= 4 is 15.9 Å². The Hall–Kier alpha value is -0.540. The molecule has 0 heterocycles. The second kappa shape index (κ2) is 15.3. The molecule has 8 heteroatoms. The molecule has 28 heavy (non-hydrogen) atoms. The first-order valence-electron chi connectivity index (χ1n) is 10.8. The molecular formula is C20H43N2O5S+. The molecule has 0 amide bonds. The number of carbonyl (C=O) groups excluding carboxylic acids is 1. The van der Waals surface area contributed by atoms with Gasteiger partial charge in [0, 0.05) is 12.8 Å². The second-order valence-corrected chi connectivity index (χ2v) is 9.84. The van der Waals surface area contributed by atoms with Crippen LogP contribution in [0.15, 0.2) is 0 Å². The molecule has 0 aliphatic rings. The molecule has 0 aliphatic heterocycles. The minimum absolute atomic E-state index is 0.100. The van der Waals surface area contributed by atoms with Gasteiger partial charge in [0.2, 0.25) is 0 Å². The number of aliphatic hydroxyl groups excluding tert-OH is 1. The molecule has 0 bridgehead atoms. The smallest absolute Gasteiger partial charge is 0.267 e. The Labute approximate surface area is 172 Å². The SMILES string of the molecule is CCCCCCCCCCCC(=O)C[N+](C)(CCCN)CC(O)CS(=O)(=O)O. The number of rotatable bonds is 19. The molecule has 0 radical (unpaired) electrons. The van der Waals surface area contributed by atoms with Crippen molar-refractivity contribution < 1.29 is 27.4 Å². The molecule has 168 valence electrons. The average Bonchev–Trinajstić information content (AvgIpc) is 2.56. The molecule has 7 nitrogen and oxygen atoms in total. The zero-order valence-electron chi connectivity index (χ0n) is 17.9. The topological polar surface area (TPSA) is 118 Å². The van der Waals surface area contributed by atoms with E-state index in [1.807, 2.05) is 7.05 Å². The van der Waals surface area contributed by atoms with Gasteiger partial charge in [0.25, 0.3) is 10.1 Å². The van der Waals surface area contributed by atoms with Gasteiger partial charge in [0.15, 0.2) is 5.78 Å². The largest absolute Gasteiger partial charge is 0.386 e. The summed E-state index contributed by atoms with van der Waals surface area (Å²) < 4.78 is 31.1. The number of aliphatic hydroxyl groups is 1. The third kappa shape index (κ3) is 16.4. The molecule has 0 spiro atoms. The van der Waals surface area contributed by atoms with Gasteiger partial charge < -0.3 is 15.3 Å². The highest BCUT2D eigenvalue weighted by atomic mass is 32.2. The standard InChI is InChI=1S/C20H42N2O5S/c1-3-4-5-6-7-8-9-10-11-13-19(23)16-22(2,15-12-14-21)17-20(24)18-28(25,26)27/h20,24H,3-18,21H2,1-2H3/p+1. The van der Waals surface area contributed by atoms with Crippen LogP contribution in [0.2, 0.25) is 0 Å². The number of hydrogen-bond acceptors (Lipinski definition) is 5. The van der Waals surface area contributed by atoms with Crippen LogP contribution in [0.4, 0.5) is 0 Å². The van der Waals surface area contributed by atoms with Crippen LogP contribution in [0.5, 0.6) is 0 Å². The fraction of sp³-hybridized carbons (Fsp3) is 0.950. The first-order chi connectivity index (χ1) is 13.1. The average molecular weight is 424 g/mol. The predicted octanol–water partition coefficient (Wildman–Crippen LogP) is 2.52. The molecule has 0 aromatic rings. The highest BCUT2D eigenvalue weighted by Gasteiger charge is 2.29. The van der Waals surface area contributed by atoms with Crippen molar-refractivity contribution in [2.24, 2.45) is 5.73 Å². The number of ketones is 1. The van der Waals surface area contributed by atoms with Crippen molar-refractivity contribution in [1.29, 1.82) is 0 Å². The van der Waals surface area contributed by atoms with E-state index in [-0.39, 0.29) is 23.4 Å². The van der Waals surface area contributed by atoms with E-state index >= 15 is 0 Å². The summed E-state index contributed by atoms with van der Waals surface area (Å²) in [5.41, 5.74) is 5.57. The number of nitrogens with zero attached hydrogens (tertiary/aromatic N) is 1. The van der Waals surface area contributed by atoms with E-state index in [9.17, 15) is 18.3 Å². The van der Waals surface area contributed by atoms with Crippen LogP contribution in [0, 0.1) is 0 Å². The zero-order valence-corrected chi connectivity index (χ0v) is 18.8. The molecule has 2 atom stereocenters. The number of unbranched alkanes of at least 4 members (excludes halogenated alkanes) is 8.